The lowest BCUT2D eigenvalue weighted by Gasteiger charge is -2.11. The molecule has 5 nitrogen and oxygen atoms in total. The van der Waals surface area contributed by atoms with Gasteiger partial charge in [-0.3, -0.25) is 9.36 Å². The number of aromatic nitrogens is 3. The molecule has 0 bridgehead atoms. The summed E-state index contributed by atoms with van der Waals surface area (Å²) in [5.74, 6) is 1.65. The first-order chi connectivity index (χ1) is 14.8. The molecule has 1 aromatic heterocycles. The Hall–Kier alpha value is -3.38. The maximum Gasteiger partial charge on any atom is 0.196 e. The lowest BCUT2D eigenvalue weighted by atomic mass is 10.1. The number of carbonyl (C=O) groups excluding carboxylic acids is 1. The van der Waals surface area contributed by atoms with E-state index in [9.17, 15) is 4.79 Å². The predicted octanol–water partition coefficient (Wildman–Crippen LogP) is 4.84. The van der Waals surface area contributed by atoms with Crippen LogP contribution in [0.1, 0.15) is 21.7 Å². The molecule has 0 fully saturated rings. The first-order valence-corrected chi connectivity index (χ1v) is 10.6. The number of rotatable bonds is 8. The quantitative estimate of drug-likeness (QED) is 0.304. The largest absolute Gasteiger partial charge is 0.496 e. The Morgan fingerprint density at radius 1 is 0.900 bits per heavy atom. The summed E-state index contributed by atoms with van der Waals surface area (Å²) in [6.07, 6.45) is 0.656. The van der Waals surface area contributed by atoms with Crippen molar-refractivity contribution in [3.63, 3.8) is 0 Å². The van der Waals surface area contributed by atoms with Crippen molar-refractivity contribution in [2.24, 2.45) is 0 Å². The van der Waals surface area contributed by atoms with Gasteiger partial charge in [0.05, 0.1) is 18.4 Å². The Balaban J connectivity index is 1.61. The summed E-state index contributed by atoms with van der Waals surface area (Å²) in [5.41, 5.74) is 2.70. The van der Waals surface area contributed by atoms with Gasteiger partial charge < -0.3 is 4.74 Å². The van der Waals surface area contributed by atoms with Crippen LogP contribution < -0.4 is 4.74 Å². The molecule has 0 saturated heterocycles. The Morgan fingerprint density at radius 3 is 2.30 bits per heavy atom. The van der Waals surface area contributed by atoms with E-state index in [2.05, 4.69) is 22.3 Å². The number of hydrogen-bond acceptors (Lipinski definition) is 5. The molecular weight excluding hydrogens is 394 g/mol. The standard InChI is InChI=1S/C24H21N3O2S/c1-29-22-15-9-8-14-20(22)21(28)17-30-24-26-25-23(16-18-10-4-2-5-11-18)27(24)19-12-6-3-7-13-19/h2-15H,16-17H2,1H3. The number of nitrogens with zero attached hydrogens (tertiary/aromatic N) is 3. The van der Waals surface area contributed by atoms with E-state index in [-0.39, 0.29) is 11.5 Å². The van der Waals surface area contributed by atoms with Gasteiger partial charge in [0.25, 0.3) is 0 Å². The molecule has 0 atom stereocenters. The van der Waals surface area contributed by atoms with Crippen LogP contribution in [0.4, 0.5) is 0 Å². The number of benzene rings is 3. The number of Topliss-reactive ketones (excluding diaryl/α,β-unsaturated/α-hetero) is 1. The fraction of sp³-hybridized carbons (Fsp3) is 0.125. The maximum atomic E-state index is 12.8. The Bertz CT molecular complexity index is 1130. The highest BCUT2D eigenvalue weighted by Gasteiger charge is 2.18. The van der Waals surface area contributed by atoms with E-state index in [1.807, 2.05) is 65.2 Å². The summed E-state index contributed by atoms with van der Waals surface area (Å²) < 4.78 is 7.34. The summed E-state index contributed by atoms with van der Waals surface area (Å²) in [7, 11) is 1.57. The van der Waals surface area contributed by atoms with Crippen molar-refractivity contribution in [2.45, 2.75) is 11.6 Å². The van der Waals surface area contributed by atoms with Crippen molar-refractivity contribution in [3.05, 3.63) is 102 Å². The van der Waals surface area contributed by atoms with Gasteiger partial charge in [-0.2, -0.15) is 0 Å². The monoisotopic (exact) mass is 415 g/mol. The van der Waals surface area contributed by atoms with Crippen LogP contribution in [0.3, 0.4) is 0 Å². The summed E-state index contributed by atoms with van der Waals surface area (Å²) in [6, 6.07) is 27.4. The van der Waals surface area contributed by atoms with Crippen molar-refractivity contribution in [1.82, 2.24) is 14.8 Å². The summed E-state index contributed by atoms with van der Waals surface area (Å²) in [6.45, 7) is 0. The number of thioether (sulfide) groups is 1. The molecule has 4 rings (SSSR count). The Kier molecular flexibility index (Phi) is 6.25. The molecule has 0 aliphatic carbocycles. The zero-order valence-corrected chi connectivity index (χ0v) is 17.4. The average molecular weight is 416 g/mol. The SMILES string of the molecule is COc1ccccc1C(=O)CSc1nnc(Cc2ccccc2)n1-c1ccccc1. The molecule has 3 aromatic carbocycles. The Labute approximate surface area is 179 Å². The number of carbonyl (C=O) groups is 1. The smallest absolute Gasteiger partial charge is 0.196 e. The zero-order valence-electron chi connectivity index (χ0n) is 16.6. The van der Waals surface area contributed by atoms with Gasteiger partial charge in [-0.1, -0.05) is 72.4 Å². The minimum atomic E-state index is -0.00956. The van der Waals surface area contributed by atoms with E-state index in [4.69, 9.17) is 4.74 Å². The van der Waals surface area contributed by atoms with Gasteiger partial charge in [0.1, 0.15) is 11.6 Å². The molecule has 0 N–H and O–H groups in total. The molecule has 150 valence electrons. The van der Waals surface area contributed by atoms with E-state index in [1.165, 1.54) is 11.8 Å². The van der Waals surface area contributed by atoms with Crippen molar-refractivity contribution in [1.29, 1.82) is 0 Å². The van der Waals surface area contributed by atoms with Crippen molar-refractivity contribution >= 4 is 17.5 Å². The normalized spacial score (nSPS) is 10.7. The first kappa shape index (κ1) is 19.9. The minimum absolute atomic E-state index is 0.00956. The van der Waals surface area contributed by atoms with Gasteiger partial charge in [0, 0.05) is 12.1 Å². The van der Waals surface area contributed by atoms with Crippen molar-refractivity contribution in [2.75, 3.05) is 12.9 Å². The predicted molar refractivity (Wildman–Crippen MR) is 119 cm³/mol. The highest BCUT2D eigenvalue weighted by atomic mass is 32.2. The number of hydrogen-bond donors (Lipinski definition) is 0. The van der Waals surface area contributed by atoms with Gasteiger partial charge in [0.15, 0.2) is 10.9 Å². The van der Waals surface area contributed by atoms with Crippen LogP contribution in [-0.2, 0) is 6.42 Å². The van der Waals surface area contributed by atoms with Crippen LogP contribution >= 0.6 is 11.8 Å². The van der Waals surface area contributed by atoms with E-state index in [0.29, 0.717) is 22.9 Å². The fourth-order valence-electron chi connectivity index (χ4n) is 3.21. The lowest BCUT2D eigenvalue weighted by Crippen LogP contribution is -2.07. The van der Waals surface area contributed by atoms with Crippen LogP contribution in [0.2, 0.25) is 0 Å². The molecular formula is C24H21N3O2S. The highest BCUT2D eigenvalue weighted by Crippen LogP contribution is 2.26. The molecule has 1 heterocycles. The summed E-state index contributed by atoms with van der Waals surface area (Å²) in [5, 5.41) is 9.51. The number of ether oxygens (including phenoxy) is 1. The van der Waals surface area contributed by atoms with Gasteiger partial charge in [-0.05, 0) is 29.8 Å². The van der Waals surface area contributed by atoms with Gasteiger partial charge in [0.2, 0.25) is 0 Å². The van der Waals surface area contributed by atoms with E-state index in [1.54, 1.807) is 19.2 Å². The second-order valence-electron chi connectivity index (χ2n) is 6.64. The van der Waals surface area contributed by atoms with Gasteiger partial charge >= 0.3 is 0 Å². The van der Waals surface area contributed by atoms with Crippen LogP contribution in [0.5, 0.6) is 5.75 Å². The van der Waals surface area contributed by atoms with E-state index >= 15 is 0 Å². The molecule has 0 saturated carbocycles. The molecule has 0 aliphatic rings. The minimum Gasteiger partial charge on any atom is -0.496 e. The van der Waals surface area contributed by atoms with Crippen molar-refractivity contribution < 1.29 is 9.53 Å². The lowest BCUT2D eigenvalue weighted by molar-refractivity contribution is 0.101. The number of methoxy groups -OCH3 is 1. The first-order valence-electron chi connectivity index (χ1n) is 9.59. The van der Waals surface area contributed by atoms with Crippen LogP contribution in [-0.4, -0.2) is 33.4 Å². The molecule has 0 spiro atoms. The topological polar surface area (TPSA) is 57.0 Å². The van der Waals surface area contributed by atoms with Crippen LogP contribution in [0, 0.1) is 0 Å². The third-order valence-corrected chi connectivity index (χ3v) is 5.59. The maximum absolute atomic E-state index is 12.8. The van der Waals surface area contributed by atoms with Crippen LogP contribution in [0.15, 0.2) is 90.1 Å². The van der Waals surface area contributed by atoms with Gasteiger partial charge in [-0.15, -0.1) is 10.2 Å². The zero-order chi connectivity index (χ0) is 20.8. The third-order valence-electron chi connectivity index (χ3n) is 4.66. The second kappa shape index (κ2) is 9.41. The van der Waals surface area contributed by atoms with Gasteiger partial charge in [-0.25, -0.2) is 0 Å². The van der Waals surface area contributed by atoms with Crippen molar-refractivity contribution in [3.8, 4) is 11.4 Å². The van der Waals surface area contributed by atoms with Crippen LogP contribution in [0.25, 0.3) is 5.69 Å². The molecule has 0 aliphatic heterocycles. The van der Waals surface area contributed by atoms with E-state index in [0.717, 1.165) is 17.1 Å². The second-order valence-corrected chi connectivity index (χ2v) is 7.59. The Morgan fingerprint density at radius 2 is 1.57 bits per heavy atom. The molecule has 0 amide bonds. The molecule has 0 unspecified atom stereocenters. The highest BCUT2D eigenvalue weighted by molar-refractivity contribution is 7.99. The fourth-order valence-corrected chi connectivity index (χ4v) is 4.06. The summed E-state index contributed by atoms with van der Waals surface area (Å²) >= 11 is 1.38. The molecule has 4 aromatic rings. The number of ketones is 1. The number of para-hydroxylation sites is 2. The molecule has 6 heteroatoms. The average Bonchev–Trinajstić information content (AvgIpc) is 3.21. The van der Waals surface area contributed by atoms with E-state index < -0.39 is 0 Å². The third kappa shape index (κ3) is 4.44. The summed E-state index contributed by atoms with van der Waals surface area (Å²) in [4.78, 5) is 12.8. The molecule has 0 radical (unpaired) electrons. The molecule has 30 heavy (non-hydrogen) atoms.